The van der Waals surface area contributed by atoms with E-state index in [4.69, 9.17) is 0 Å². The smallest absolute Gasteiger partial charge is 1.00 e. The molecule has 3 heterocycles. The number of hydrogen-bond donors (Lipinski definition) is 0. The van der Waals surface area contributed by atoms with Gasteiger partial charge in [0.1, 0.15) is 0 Å². The summed E-state index contributed by atoms with van der Waals surface area (Å²) in [5.74, 6) is 0. The van der Waals surface area contributed by atoms with Crippen LogP contribution in [-0.2, 0) is 13.1 Å². The van der Waals surface area contributed by atoms with Gasteiger partial charge in [-0.05, 0) is 0 Å². The van der Waals surface area contributed by atoms with E-state index in [2.05, 4.69) is 108 Å². The minimum atomic E-state index is 0. The van der Waals surface area contributed by atoms with E-state index in [0.717, 1.165) is 24.3 Å². The average molecular weight is 772 g/mol. The summed E-state index contributed by atoms with van der Waals surface area (Å²) in [5.41, 5.74) is 4.54. The van der Waals surface area contributed by atoms with Crippen molar-refractivity contribution in [1.29, 1.82) is 0 Å². The van der Waals surface area contributed by atoms with Gasteiger partial charge in [-0.25, -0.2) is 0 Å². The van der Waals surface area contributed by atoms with Gasteiger partial charge >= 0.3 is 242 Å². The Balaban J connectivity index is 0.00000323. The van der Waals surface area contributed by atoms with Gasteiger partial charge < -0.3 is 24.0 Å². The largest absolute Gasteiger partial charge is 1.00 e. The molecule has 0 unspecified atom stereocenters. The van der Waals surface area contributed by atoms with Crippen molar-refractivity contribution in [2.75, 3.05) is 11.4 Å². The van der Waals surface area contributed by atoms with Crippen molar-refractivity contribution >= 4 is 61.5 Å². The first-order valence-corrected chi connectivity index (χ1v) is 16.8. The molecule has 1 aliphatic heterocycles. The summed E-state index contributed by atoms with van der Waals surface area (Å²) in [4.78, 5) is 16.3. The molecule has 204 valence electrons. The maximum absolute atomic E-state index is 14.0. The second kappa shape index (κ2) is 12.5. The molecule has 0 spiro atoms. The van der Waals surface area contributed by atoms with Crippen LogP contribution >= 0.6 is 0 Å². The topological polar surface area (TPSA) is 34.0 Å². The number of rotatable bonds is 6. The van der Waals surface area contributed by atoms with E-state index in [1.165, 1.54) is 29.1 Å². The molecular weight excluding hydrogens is 741 g/mol. The van der Waals surface area contributed by atoms with E-state index in [0.29, 0.717) is 11.9 Å². The fourth-order valence-corrected chi connectivity index (χ4v) is 10.1. The first kappa shape index (κ1) is 28.9. The number of para-hydroxylation sites is 3. The van der Waals surface area contributed by atoms with Crippen molar-refractivity contribution in [2.24, 2.45) is 0 Å². The Morgan fingerprint density at radius 2 is 1.57 bits per heavy atom. The number of halogens is 1. The molecule has 0 amide bonds. The van der Waals surface area contributed by atoms with Crippen LogP contribution in [0.15, 0.2) is 94.3 Å². The zero-order valence-corrected chi connectivity index (χ0v) is 28.3. The molecule has 5 aromatic rings. The third kappa shape index (κ3) is 5.12. The minimum Gasteiger partial charge on any atom is -1.00 e. The molecule has 5 nitrogen and oxygen atoms in total. The fraction of sp³-hybridized carbons (Fsp3) is 0.188. The Hall–Kier alpha value is -2.61. The van der Waals surface area contributed by atoms with Crippen molar-refractivity contribution in [1.82, 2.24) is 9.13 Å². The predicted octanol–water partition coefficient (Wildman–Crippen LogP) is -0.499. The Morgan fingerprint density at radius 1 is 0.850 bits per heavy atom. The molecule has 1 aliphatic rings. The van der Waals surface area contributed by atoms with Crippen LogP contribution in [0.1, 0.15) is 25.3 Å². The van der Waals surface area contributed by atoms with Gasteiger partial charge in [0.2, 0.25) is 0 Å². The van der Waals surface area contributed by atoms with Gasteiger partial charge in [-0.15, -0.1) is 0 Å². The van der Waals surface area contributed by atoms with Crippen molar-refractivity contribution in [3.63, 3.8) is 0 Å². The molecule has 6 rings (SSSR count). The molecule has 2 aromatic heterocycles. The van der Waals surface area contributed by atoms with Gasteiger partial charge in [-0.1, -0.05) is 0 Å². The molecule has 0 bridgehead atoms. The molecule has 3 aromatic carbocycles. The van der Waals surface area contributed by atoms with Gasteiger partial charge in [0, 0.05) is 0 Å². The number of hydrogen-bond acceptors (Lipinski definition) is 2. The summed E-state index contributed by atoms with van der Waals surface area (Å²) in [5, 5.41) is 0.691. The minimum absolute atomic E-state index is 0. The molecule has 0 radical (unpaired) electrons. The Kier molecular flexibility index (Phi) is 9.03. The molecule has 0 saturated heterocycles. The summed E-state index contributed by atoms with van der Waals surface area (Å²) in [6.45, 7) is 8.85. The van der Waals surface area contributed by atoms with Gasteiger partial charge in [0.05, 0.1) is 0 Å². The Labute approximate surface area is 263 Å². The first-order chi connectivity index (χ1) is 19.1. The van der Waals surface area contributed by atoms with Crippen molar-refractivity contribution in [2.45, 2.75) is 33.9 Å². The number of nitrogens with zero attached hydrogens (tertiary/aromatic N) is 4. The summed E-state index contributed by atoms with van der Waals surface area (Å²) >= 11 is 0.389. The summed E-state index contributed by atoms with van der Waals surface area (Å²) in [7, 11) is 0. The molecule has 40 heavy (non-hydrogen) atoms. The SMILES string of the molecule is CCN1/C(=C/C=c2\c(=O)n(CC)c(=Cc3[se]c4ccccc4[n+]3CC)n2-c2ccccc2)[Se]c2ccccc21.[I-]. The van der Waals surface area contributed by atoms with Crippen LogP contribution in [0.3, 0.4) is 0 Å². The monoisotopic (exact) mass is 774 g/mol. The van der Waals surface area contributed by atoms with E-state index in [1.54, 1.807) is 0 Å². The molecule has 0 saturated carbocycles. The fourth-order valence-electron chi connectivity index (χ4n) is 5.27. The molecule has 0 aliphatic carbocycles. The molecule has 0 atom stereocenters. The van der Waals surface area contributed by atoms with Crippen LogP contribution in [0.4, 0.5) is 5.69 Å². The number of aryl methyl sites for hydroxylation is 1. The Morgan fingerprint density at radius 3 is 2.33 bits per heavy atom. The van der Waals surface area contributed by atoms with Crippen LogP contribution in [0.5, 0.6) is 0 Å². The second-order valence-electron chi connectivity index (χ2n) is 9.25. The third-order valence-corrected chi connectivity index (χ3v) is 11.8. The molecule has 0 N–H and O–H groups in total. The zero-order chi connectivity index (χ0) is 26.9. The molecular formula is C32H31IN4OSe2. The average Bonchev–Trinajstić information content (AvgIpc) is 3.60. The predicted molar refractivity (Wildman–Crippen MR) is 163 cm³/mol. The quantitative estimate of drug-likeness (QED) is 0.133. The van der Waals surface area contributed by atoms with Gasteiger partial charge in [0.15, 0.2) is 0 Å². The number of anilines is 1. The maximum Gasteiger partial charge on any atom is -1.00 e. The molecule has 0 fully saturated rings. The van der Waals surface area contributed by atoms with E-state index in [-0.39, 0.29) is 59.0 Å². The van der Waals surface area contributed by atoms with Crippen molar-refractivity contribution in [3.8, 4) is 5.69 Å². The number of imidazole rings is 1. The van der Waals surface area contributed by atoms with Crippen molar-refractivity contribution in [3.05, 3.63) is 115 Å². The van der Waals surface area contributed by atoms with E-state index < -0.39 is 0 Å². The van der Waals surface area contributed by atoms with Gasteiger partial charge in [-0.3, -0.25) is 0 Å². The number of benzene rings is 3. The Bertz CT molecular complexity index is 1890. The second-order valence-corrected chi connectivity index (χ2v) is 13.7. The van der Waals surface area contributed by atoms with Crippen LogP contribution in [0, 0.1) is 0 Å². The standard InChI is InChI=1S/C32H31N4OSe2.HI/c1-4-33-24-16-10-12-18-27(24)38-30(33)21-20-26-32(37)35(6-3)29(36(26)23-14-8-7-9-15-23)22-31-34(5-2)25-17-11-13-19-28(25)39-31;/h7-22H,4-6H2,1-3H3;1H/q+1;/p-1/b26-20+,30-21-;. The van der Waals surface area contributed by atoms with E-state index in [1.807, 2.05) is 28.8 Å². The third-order valence-electron chi connectivity index (χ3n) is 7.08. The van der Waals surface area contributed by atoms with Crippen LogP contribution in [0.25, 0.3) is 27.6 Å². The number of allylic oxidation sites excluding steroid dienone is 1. The maximum atomic E-state index is 14.0. The van der Waals surface area contributed by atoms with Crippen LogP contribution in [0.2, 0.25) is 0 Å². The molecule has 8 heteroatoms. The summed E-state index contributed by atoms with van der Waals surface area (Å²) in [6.07, 6.45) is 6.46. The zero-order valence-electron chi connectivity index (χ0n) is 22.8. The van der Waals surface area contributed by atoms with Crippen molar-refractivity contribution < 1.29 is 28.5 Å². The van der Waals surface area contributed by atoms with Gasteiger partial charge in [-0.2, -0.15) is 0 Å². The van der Waals surface area contributed by atoms with Gasteiger partial charge in [0.25, 0.3) is 0 Å². The summed E-state index contributed by atoms with van der Waals surface area (Å²) in [6, 6.07) is 27.6. The van der Waals surface area contributed by atoms with E-state index in [9.17, 15) is 4.79 Å². The first-order valence-electron chi connectivity index (χ1n) is 13.4. The number of aromatic nitrogens is 3. The van der Waals surface area contributed by atoms with Crippen LogP contribution in [-0.4, -0.2) is 45.1 Å². The van der Waals surface area contributed by atoms with Crippen LogP contribution < -0.4 is 54.3 Å². The summed E-state index contributed by atoms with van der Waals surface area (Å²) < 4.78 is 11.8. The normalized spacial score (nSPS) is 14.8. The number of fused-ring (bicyclic) bond motifs is 2. The van der Waals surface area contributed by atoms with E-state index >= 15 is 0 Å².